The van der Waals surface area contributed by atoms with Crippen LogP contribution in [0.5, 0.6) is 0 Å². The lowest BCUT2D eigenvalue weighted by molar-refractivity contribution is -0.107. The largest absolute Gasteiger partial charge is 0.388 e. The first-order valence-corrected chi connectivity index (χ1v) is 11.2. The zero-order valence-corrected chi connectivity index (χ0v) is 18.3. The van der Waals surface area contributed by atoms with Gasteiger partial charge in [-0.05, 0) is 53.9 Å². The van der Waals surface area contributed by atoms with Crippen molar-refractivity contribution in [3.05, 3.63) is 83.7 Å². The van der Waals surface area contributed by atoms with Crippen molar-refractivity contribution in [3.63, 3.8) is 0 Å². The van der Waals surface area contributed by atoms with E-state index in [0.29, 0.717) is 23.1 Å². The summed E-state index contributed by atoms with van der Waals surface area (Å²) in [4.78, 5) is 10.3. The van der Waals surface area contributed by atoms with Gasteiger partial charge in [0.2, 0.25) is 10.0 Å². The molecule has 0 saturated carbocycles. The fraction of sp³-hybridized carbons (Fsp3) is 0.130. The number of aryl methyl sites for hydroxylation is 1. The molecule has 0 atom stereocenters. The van der Waals surface area contributed by atoms with Gasteiger partial charge < -0.3 is 15.8 Å². The van der Waals surface area contributed by atoms with E-state index in [1.807, 2.05) is 31.3 Å². The van der Waals surface area contributed by atoms with E-state index in [9.17, 15) is 17.6 Å². The summed E-state index contributed by atoms with van der Waals surface area (Å²) in [6.07, 6.45) is 1.36. The lowest BCUT2D eigenvalue weighted by Gasteiger charge is -2.08. The summed E-state index contributed by atoms with van der Waals surface area (Å²) in [6.45, 7) is 0. The van der Waals surface area contributed by atoms with Crippen molar-refractivity contribution in [3.8, 4) is 11.1 Å². The Hall–Kier alpha value is -3.56. The average molecular weight is 457 g/mol. The van der Waals surface area contributed by atoms with Crippen LogP contribution < -0.4 is 16.2 Å². The molecule has 6 N–H and O–H groups in total. The van der Waals surface area contributed by atoms with Gasteiger partial charge >= 0.3 is 0 Å². The molecule has 0 aromatic heterocycles. The quantitative estimate of drug-likeness (QED) is 0.245. The van der Waals surface area contributed by atoms with Crippen molar-refractivity contribution in [1.29, 1.82) is 5.41 Å². The highest BCUT2D eigenvalue weighted by Gasteiger charge is 2.14. The maximum atomic E-state index is 13.1. The monoisotopic (exact) mass is 456 g/mol. The lowest BCUT2D eigenvalue weighted by atomic mass is 10.1. The van der Waals surface area contributed by atoms with E-state index in [2.05, 4.69) is 5.32 Å². The minimum Gasteiger partial charge on any atom is -0.388 e. The van der Waals surface area contributed by atoms with E-state index in [1.54, 1.807) is 18.2 Å². The fourth-order valence-electron chi connectivity index (χ4n) is 2.92. The van der Waals surface area contributed by atoms with Crippen molar-refractivity contribution in [2.24, 2.45) is 10.9 Å². The second-order valence-corrected chi connectivity index (χ2v) is 8.32. The third-order valence-electron chi connectivity index (χ3n) is 4.57. The third kappa shape index (κ3) is 6.73. The van der Waals surface area contributed by atoms with Crippen molar-refractivity contribution >= 4 is 27.8 Å². The van der Waals surface area contributed by atoms with E-state index in [0.717, 1.165) is 17.5 Å². The molecule has 0 spiro atoms. The molecule has 7 nitrogen and oxygen atoms in total. The number of amidine groups is 1. The van der Waals surface area contributed by atoms with E-state index in [-0.39, 0.29) is 23.0 Å². The number of hydrogen-bond donors (Lipinski definition) is 4. The van der Waals surface area contributed by atoms with E-state index in [1.165, 1.54) is 24.3 Å². The molecule has 32 heavy (non-hydrogen) atoms. The van der Waals surface area contributed by atoms with Gasteiger partial charge in [0.05, 0.1) is 4.90 Å². The van der Waals surface area contributed by atoms with Crippen LogP contribution in [0, 0.1) is 11.2 Å². The molecule has 0 unspecified atom stereocenters. The summed E-state index contributed by atoms with van der Waals surface area (Å²) in [7, 11) is -1.89. The molecular weight excluding hydrogens is 431 g/mol. The molecule has 0 aliphatic rings. The Labute approximate surface area is 186 Å². The van der Waals surface area contributed by atoms with Gasteiger partial charge in [0.1, 0.15) is 17.9 Å². The summed E-state index contributed by atoms with van der Waals surface area (Å²) in [5.74, 6) is -0.464. The Morgan fingerprint density at radius 3 is 2.31 bits per heavy atom. The highest BCUT2D eigenvalue weighted by atomic mass is 32.2. The van der Waals surface area contributed by atoms with Crippen LogP contribution in [0.2, 0.25) is 0 Å². The van der Waals surface area contributed by atoms with Crippen LogP contribution in [0.3, 0.4) is 0 Å². The van der Waals surface area contributed by atoms with Crippen LogP contribution in [-0.2, 0) is 21.2 Å². The van der Waals surface area contributed by atoms with Crippen molar-refractivity contribution in [1.82, 2.24) is 0 Å². The van der Waals surface area contributed by atoms with Crippen LogP contribution in [0.15, 0.2) is 71.6 Å². The van der Waals surface area contributed by atoms with E-state index in [4.69, 9.17) is 16.3 Å². The maximum Gasteiger partial charge on any atom is 0.238 e. The van der Waals surface area contributed by atoms with Crippen molar-refractivity contribution in [2.45, 2.75) is 17.7 Å². The summed E-state index contributed by atoms with van der Waals surface area (Å²) < 4.78 is 36.2. The van der Waals surface area contributed by atoms with Gasteiger partial charge in [-0.1, -0.05) is 30.3 Å². The van der Waals surface area contributed by atoms with Gasteiger partial charge in [0, 0.05) is 30.3 Å². The number of halogens is 1. The molecule has 0 saturated heterocycles. The highest BCUT2D eigenvalue weighted by Crippen LogP contribution is 2.27. The molecule has 3 aromatic carbocycles. The number of nitrogens with one attached hydrogen (secondary N) is 2. The zero-order valence-electron chi connectivity index (χ0n) is 17.5. The maximum absolute atomic E-state index is 13.1. The SMILES string of the molecule is CNc1ccc(-c2ccccc2S(N)(=O)=O)cc1.N=C(N)c1ccc(F)c(CCC=O)c1. The number of rotatable bonds is 7. The predicted molar refractivity (Wildman–Crippen MR) is 125 cm³/mol. The second-order valence-electron chi connectivity index (χ2n) is 6.79. The molecule has 168 valence electrons. The van der Waals surface area contributed by atoms with E-state index < -0.39 is 10.0 Å². The normalized spacial score (nSPS) is 10.6. The molecule has 0 aliphatic carbocycles. The summed E-state index contributed by atoms with van der Waals surface area (Å²) >= 11 is 0. The number of carbonyl (C=O) groups excluding carboxylic acids is 1. The number of aldehydes is 1. The average Bonchev–Trinajstić information content (AvgIpc) is 2.78. The fourth-order valence-corrected chi connectivity index (χ4v) is 3.68. The second kappa shape index (κ2) is 11.2. The van der Waals surface area contributed by atoms with Crippen LogP contribution in [0.1, 0.15) is 17.5 Å². The standard InChI is InChI=1S/C13H14N2O2S.C10H11FN2O/c1-15-11-8-6-10(7-9-11)12-4-2-3-5-13(12)18(14,16)17;11-9-4-3-8(10(12)13)6-7(9)2-1-5-14/h2-9,15H,1H3,(H2,14,16,17);3-6H,1-2H2,(H3,12,13). The molecular formula is C23H25FN4O3S. The van der Waals surface area contributed by atoms with Crippen molar-refractivity contribution in [2.75, 3.05) is 12.4 Å². The molecule has 0 aliphatic heterocycles. The van der Waals surface area contributed by atoms with Crippen LogP contribution >= 0.6 is 0 Å². The summed E-state index contributed by atoms with van der Waals surface area (Å²) in [5.41, 5.74) is 8.55. The number of sulfonamides is 1. The number of primary sulfonamides is 1. The molecule has 9 heteroatoms. The van der Waals surface area contributed by atoms with E-state index >= 15 is 0 Å². The van der Waals surface area contributed by atoms with Gasteiger partial charge in [0.15, 0.2) is 0 Å². The van der Waals surface area contributed by atoms with Gasteiger partial charge in [-0.2, -0.15) is 0 Å². The molecule has 3 rings (SSSR count). The Kier molecular flexibility index (Phi) is 8.62. The zero-order chi connectivity index (χ0) is 23.7. The Morgan fingerprint density at radius 2 is 1.75 bits per heavy atom. The first kappa shape index (κ1) is 24.7. The topological polar surface area (TPSA) is 139 Å². The minimum absolute atomic E-state index is 0.0997. The lowest BCUT2D eigenvalue weighted by Crippen LogP contribution is -2.13. The summed E-state index contributed by atoms with van der Waals surface area (Å²) in [5, 5.41) is 15.4. The molecule has 0 bridgehead atoms. The van der Waals surface area contributed by atoms with Crippen LogP contribution in [0.4, 0.5) is 10.1 Å². The minimum atomic E-state index is -3.71. The van der Waals surface area contributed by atoms with Crippen LogP contribution in [-0.4, -0.2) is 27.6 Å². The number of benzene rings is 3. The molecule has 0 radical (unpaired) electrons. The number of carbonyl (C=O) groups is 1. The molecule has 0 fully saturated rings. The predicted octanol–water partition coefficient (Wildman–Crippen LogP) is 3.28. The third-order valence-corrected chi connectivity index (χ3v) is 5.54. The first-order valence-electron chi connectivity index (χ1n) is 9.64. The van der Waals surface area contributed by atoms with Gasteiger partial charge in [0.25, 0.3) is 0 Å². The number of anilines is 1. The van der Waals surface area contributed by atoms with Gasteiger partial charge in [-0.25, -0.2) is 17.9 Å². The Bertz CT molecular complexity index is 1200. The smallest absolute Gasteiger partial charge is 0.238 e. The number of nitrogen functional groups attached to an aromatic ring is 1. The molecule has 3 aromatic rings. The molecule has 0 amide bonds. The van der Waals surface area contributed by atoms with Gasteiger partial charge in [-0.3, -0.25) is 5.41 Å². The highest BCUT2D eigenvalue weighted by molar-refractivity contribution is 7.89. The molecule has 0 heterocycles. The first-order chi connectivity index (χ1) is 15.2. The van der Waals surface area contributed by atoms with Crippen molar-refractivity contribution < 1.29 is 17.6 Å². The number of hydrogen-bond acceptors (Lipinski definition) is 5. The Balaban J connectivity index is 0.000000235. The number of nitrogens with two attached hydrogens (primary N) is 2. The summed E-state index contributed by atoms with van der Waals surface area (Å²) in [6, 6.07) is 18.4. The van der Waals surface area contributed by atoms with Gasteiger partial charge in [-0.15, -0.1) is 0 Å². The Morgan fingerprint density at radius 1 is 1.09 bits per heavy atom. The van der Waals surface area contributed by atoms with Crippen LogP contribution in [0.25, 0.3) is 11.1 Å².